The molecule has 0 aromatic carbocycles. The maximum Gasteiger partial charge on any atom is 0.102 e. The van der Waals surface area contributed by atoms with Crippen molar-refractivity contribution in [3.63, 3.8) is 0 Å². The van der Waals surface area contributed by atoms with Gasteiger partial charge in [-0.15, -0.1) is 0 Å². The summed E-state index contributed by atoms with van der Waals surface area (Å²) in [7, 11) is 0. The third kappa shape index (κ3) is 2.23. The molecule has 0 amide bonds. The van der Waals surface area contributed by atoms with Gasteiger partial charge in [0.05, 0.1) is 0 Å². The fourth-order valence-corrected chi connectivity index (χ4v) is 3.14. The molecule has 0 aromatic rings. The Balaban J connectivity index is 1.66. The monoisotopic (exact) mass is 183 g/mol. The van der Waals surface area contributed by atoms with Gasteiger partial charge in [0.25, 0.3) is 0 Å². The summed E-state index contributed by atoms with van der Waals surface area (Å²) in [5.41, 5.74) is 5.53. The molecule has 2 saturated carbocycles. The number of hydrogen-bond donors (Lipinski definition) is 1. The van der Waals surface area contributed by atoms with Gasteiger partial charge in [-0.3, -0.25) is 0 Å². The average molecular weight is 183 g/mol. The van der Waals surface area contributed by atoms with Crippen molar-refractivity contribution >= 4 is 0 Å². The lowest BCUT2D eigenvalue weighted by atomic mass is 9.87. The van der Waals surface area contributed by atoms with Crippen LogP contribution in [-0.2, 0) is 4.74 Å². The Hall–Kier alpha value is -0.0800. The van der Waals surface area contributed by atoms with Gasteiger partial charge in [-0.2, -0.15) is 0 Å². The van der Waals surface area contributed by atoms with Gasteiger partial charge in [-0.05, 0) is 50.4 Å². The van der Waals surface area contributed by atoms with Crippen molar-refractivity contribution in [2.45, 2.75) is 45.3 Å². The average Bonchev–Trinajstić information content (AvgIpc) is 2.64. The first-order valence-corrected chi connectivity index (χ1v) is 5.63. The second kappa shape index (κ2) is 3.97. The summed E-state index contributed by atoms with van der Waals surface area (Å²) >= 11 is 0. The summed E-state index contributed by atoms with van der Waals surface area (Å²) in [6.45, 7) is 2.77. The Labute approximate surface area is 80.8 Å². The molecule has 76 valence electrons. The van der Waals surface area contributed by atoms with E-state index < -0.39 is 0 Å². The Morgan fingerprint density at radius 1 is 1.38 bits per heavy atom. The summed E-state index contributed by atoms with van der Waals surface area (Å²) in [6.07, 6.45) is 7.10. The molecule has 0 aliphatic heterocycles. The van der Waals surface area contributed by atoms with Gasteiger partial charge < -0.3 is 10.5 Å². The lowest BCUT2D eigenvalue weighted by Crippen LogP contribution is -2.21. The lowest BCUT2D eigenvalue weighted by molar-refractivity contribution is 0.0556. The van der Waals surface area contributed by atoms with Crippen molar-refractivity contribution in [2.24, 2.45) is 23.5 Å². The van der Waals surface area contributed by atoms with E-state index in [2.05, 4.69) is 0 Å². The minimum atomic E-state index is -0.0846. The van der Waals surface area contributed by atoms with Gasteiger partial charge in [0, 0.05) is 6.61 Å². The van der Waals surface area contributed by atoms with Crippen molar-refractivity contribution < 1.29 is 4.74 Å². The van der Waals surface area contributed by atoms with E-state index in [1.807, 2.05) is 6.92 Å². The van der Waals surface area contributed by atoms with Gasteiger partial charge in [0.15, 0.2) is 0 Å². The minimum absolute atomic E-state index is 0.0846. The Bertz CT molecular complexity index is 169. The molecule has 0 heterocycles. The van der Waals surface area contributed by atoms with Gasteiger partial charge in [0.2, 0.25) is 0 Å². The minimum Gasteiger partial charge on any atom is -0.364 e. The van der Waals surface area contributed by atoms with Crippen LogP contribution in [0.1, 0.15) is 39.0 Å². The van der Waals surface area contributed by atoms with Gasteiger partial charge in [-0.1, -0.05) is 6.42 Å². The van der Waals surface area contributed by atoms with Crippen LogP contribution in [0.15, 0.2) is 0 Å². The summed E-state index contributed by atoms with van der Waals surface area (Å²) in [5, 5.41) is 0. The van der Waals surface area contributed by atoms with Crippen LogP contribution < -0.4 is 5.73 Å². The van der Waals surface area contributed by atoms with Gasteiger partial charge in [0.1, 0.15) is 6.23 Å². The first-order valence-electron chi connectivity index (χ1n) is 5.63. The number of ether oxygens (including phenoxy) is 1. The fraction of sp³-hybridized carbons (Fsp3) is 1.00. The highest BCUT2D eigenvalue weighted by Gasteiger charge is 2.38. The van der Waals surface area contributed by atoms with Gasteiger partial charge >= 0.3 is 0 Å². The van der Waals surface area contributed by atoms with E-state index in [-0.39, 0.29) is 6.23 Å². The van der Waals surface area contributed by atoms with Crippen LogP contribution >= 0.6 is 0 Å². The van der Waals surface area contributed by atoms with Crippen LogP contribution in [0.5, 0.6) is 0 Å². The van der Waals surface area contributed by atoms with E-state index in [1.54, 1.807) is 0 Å². The molecule has 2 heteroatoms. The molecule has 2 nitrogen and oxygen atoms in total. The maximum atomic E-state index is 5.53. The Kier molecular flexibility index (Phi) is 2.89. The van der Waals surface area contributed by atoms with E-state index in [9.17, 15) is 0 Å². The first-order chi connectivity index (χ1) is 6.25. The molecule has 2 aliphatic rings. The topological polar surface area (TPSA) is 35.2 Å². The van der Waals surface area contributed by atoms with Crippen LogP contribution in [0.3, 0.4) is 0 Å². The summed E-state index contributed by atoms with van der Waals surface area (Å²) in [5.74, 6) is 3.05. The summed E-state index contributed by atoms with van der Waals surface area (Å²) in [4.78, 5) is 0. The largest absolute Gasteiger partial charge is 0.364 e. The molecule has 4 unspecified atom stereocenters. The third-order valence-electron chi connectivity index (χ3n) is 3.75. The van der Waals surface area contributed by atoms with Crippen molar-refractivity contribution in [3.05, 3.63) is 0 Å². The van der Waals surface area contributed by atoms with E-state index in [0.717, 1.165) is 24.4 Å². The van der Waals surface area contributed by atoms with Crippen molar-refractivity contribution in [1.29, 1.82) is 0 Å². The maximum absolute atomic E-state index is 5.53. The zero-order chi connectivity index (χ0) is 9.26. The molecule has 2 fully saturated rings. The van der Waals surface area contributed by atoms with Crippen LogP contribution in [0.25, 0.3) is 0 Å². The highest BCUT2D eigenvalue weighted by atomic mass is 16.5. The molecule has 2 aliphatic carbocycles. The predicted octanol–water partition coefficient (Wildman–Crippen LogP) is 2.13. The standard InChI is InChI=1S/C11H21NO/c1-8(12)13-5-4-11-7-9-2-3-10(11)6-9/h8-11H,2-7,12H2,1H3. The second-order valence-electron chi connectivity index (χ2n) is 4.80. The van der Waals surface area contributed by atoms with Crippen LogP contribution in [0.4, 0.5) is 0 Å². The highest BCUT2D eigenvalue weighted by Crippen LogP contribution is 2.49. The van der Waals surface area contributed by atoms with E-state index in [4.69, 9.17) is 10.5 Å². The smallest absolute Gasteiger partial charge is 0.102 e. The second-order valence-corrected chi connectivity index (χ2v) is 4.80. The number of rotatable bonds is 4. The van der Waals surface area contributed by atoms with Crippen LogP contribution in [-0.4, -0.2) is 12.8 Å². The zero-order valence-electron chi connectivity index (χ0n) is 8.54. The van der Waals surface area contributed by atoms with Crippen molar-refractivity contribution in [2.75, 3.05) is 6.61 Å². The van der Waals surface area contributed by atoms with E-state index in [0.29, 0.717) is 0 Å². The first kappa shape index (κ1) is 9.47. The Morgan fingerprint density at radius 3 is 2.77 bits per heavy atom. The molecule has 0 spiro atoms. The molecule has 2 rings (SSSR count). The van der Waals surface area contributed by atoms with E-state index >= 15 is 0 Å². The summed E-state index contributed by atoms with van der Waals surface area (Å²) in [6, 6.07) is 0. The molecule has 2 bridgehead atoms. The predicted molar refractivity (Wildman–Crippen MR) is 53.2 cm³/mol. The summed E-state index contributed by atoms with van der Waals surface area (Å²) < 4.78 is 5.39. The molecule has 0 aromatic heterocycles. The third-order valence-corrected chi connectivity index (χ3v) is 3.75. The van der Waals surface area contributed by atoms with Crippen LogP contribution in [0, 0.1) is 17.8 Å². The molecule has 2 N–H and O–H groups in total. The lowest BCUT2D eigenvalue weighted by Gasteiger charge is -2.21. The quantitative estimate of drug-likeness (QED) is 0.678. The normalized spacial score (nSPS) is 39.7. The van der Waals surface area contributed by atoms with Crippen molar-refractivity contribution in [1.82, 2.24) is 0 Å². The SMILES string of the molecule is CC(N)OCCC1CC2CCC1C2. The van der Waals surface area contributed by atoms with Gasteiger partial charge in [-0.25, -0.2) is 0 Å². The molecular formula is C11H21NO. The van der Waals surface area contributed by atoms with Crippen molar-refractivity contribution in [3.8, 4) is 0 Å². The van der Waals surface area contributed by atoms with E-state index in [1.165, 1.54) is 32.1 Å². The molecule has 0 saturated heterocycles. The fourth-order valence-electron chi connectivity index (χ4n) is 3.14. The number of fused-ring (bicyclic) bond motifs is 2. The number of hydrogen-bond acceptors (Lipinski definition) is 2. The number of nitrogens with two attached hydrogens (primary N) is 1. The Morgan fingerprint density at radius 2 is 2.23 bits per heavy atom. The van der Waals surface area contributed by atoms with Crippen LogP contribution in [0.2, 0.25) is 0 Å². The molecule has 13 heavy (non-hydrogen) atoms. The zero-order valence-corrected chi connectivity index (χ0v) is 8.54. The molecule has 4 atom stereocenters. The molecular weight excluding hydrogens is 162 g/mol. The highest BCUT2D eigenvalue weighted by molar-refractivity contribution is 4.89. The molecule has 0 radical (unpaired) electrons.